The summed E-state index contributed by atoms with van der Waals surface area (Å²) in [6.45, 7) is 2.00. The maximum Gasteiger partial charge on any atom is 0.140 e. The molecule has 1 aromatic carbocycles. The summed E-state index contributed by atoms with van der Waals surface area (Å²) in [5.74, 6) is 0.831. The van der Waals surface area contributed by atoms with Gasteiger partial charge in [-0.1, -0.05) is 36.8 Å². The van der Waals surface area contributed by atoms with Gasteiger partial charge in [0, 0.05) is 5.56 Å². The monoisotopic (exact) mass is 266 g/mol. The quantitative estimate of drug-likeness (QED) is 0.928. The van der Waals surface area contributed by atoms with Crippen molar-refractivity contribution in [1.82, 2.24) is 14.9 Å². The maximum absolute atomic E-state index is 9.47. The Morgan fingerprint density at radius 3 is 2.60 bits per heavy atom. The van der Waals surface area contributed by atoms with Crippen molar-refractivity contribution in [2.75, 3.05) is 13.1 Å². The summed E-state index contributed by atoms with van der Waals surface area (Å²) in [5.41, 5.74) is 1.95. The maximum atomic E-state index is 9.47. The lowest BCUT2D eigenvalue weighted by molar-refractivity contribution is 0.194. The fourth-order valence-electron chi connectivity index (χ4n) is 2.74. The highest BCUT2D eigenvalue weighted by molar-refractivity contribution is 5.54. The molecule has 1 N–H and O–H groups in total. The summed E-state index contributed by atoms with van der Waals surface area (Å²) in [7, 11) is 0. The largest absolute Gasteiger partial charge is 0.340 e. The van der Waals surface area contributed by atoms with E-state index in [1.54, 1.807) is 6.20 Å². The Labute approximate surface area is 119 Å². The minimum absolute atomic E-state index is 0.208. The number of aromatic nitrogens is 2. The van der Waals surface area contributed by atoms with Crippen LogP contribution in [0.1, 0.15) is 31.0 Å². The van der Waals surface area contributed by atoms with Gasteiger partial charge in [-0.25, -0.2) is 4.98 Å². The van der Waals surface area contributed by atoms with Crippen LogP contribution in [0.15, 0.2) is 36.5 Å². The van der Waals surface area contributed by atoms with Gasteiger partial charge in [0.05, 0.1) is 18.0 Å². The number of likely N-dealkylation sites (tertiary alicyclic amines) is 1. The van der Waals surface area contributed by atoms with E-state index >= 15 is 0 Å². The van der Waals surface area contributed by atoms with Gasteiger partial charge in [0.15, 0.2) is 0 Å². The minimum atomic E-state index is -0.208. The van der Waals surface area contributed by atoms with Gasteiger partial charge >= 0.3 is 0 Å². The van der Waals surface area contributed by atoms with Crippen molar-refractivity contribution in [2.24, 2.45) is 0 Å². The average molecular weight is 266 g/mol. The number of aromatic amines is 1. The molecule has 4 heteroatoms. The highest BCUT2D eigenvalue weighted by atomic mass is 15.2. The van der Waals surface area contributed by atoms with Crippen LogP contribution in [0, 0.1) is 11.3 Å². The van der Waals surface area contributed by atoms with Crippen LogP contribution >= 0.6 is 0 Å². The van der Waals surface area contributed by atoms with Crippen molar-refractivity contribution < 1.29 is 0 Å². The molecule has 1 saturated heterocycles. The number of nitrogens with zero attached hydrogens (tertiary/aromatic N) is 3. The average Bonchev–Trinajstić information content (AvgIpc) is 3.00. The van der Waals surface area contributed by atoms with Crippen molar-refractivity contribution >= 4 is 0 Å². The molecule has 20 heavy (non-hydrogen) atoms. The molecule has 2 heterocycles. The Hall–Kier alpha value is -2.12. The van der Waals surface area contributed by atoms with Crippen LogP contribution in [0.4, 0.5) is 0 Å². The van der Waals surface area contributed by atoms with Gasteiger partial charge in [-0.2, -0.15) is 5.26 Å². The van der Waals surface area contributed by atoms with Gasteiger partial charge in [-0.3, -0.25) is 4.90 Å². The first-order valence-corrected chi connectivity index (χ1v) is 7.12. The Kier molecular flexibility index (Phi) is 3.80. The molecule has 1 aliphatic heterocycles. The minimum Gasteiger partial charge on any atom is -0.340 e. The normalized spacial score (nSPS) is 17.6. The van der Waals surface area contributed by atoms with E-state index in [4.69, 9.17) is 0 Å². The van der Waals surface area contributed by atoms with E-state index < -0.39 is 0 Å². The SMILES string of the molecule is N#CC(c1cnc(-c2ccccc2)[nH]1)N1CCCCC1. The Morgan fingerprint density at radius 1 is 1.15 bits per heavy atom. The molecule has 0 bridgehead atoms. The summed E-state index contributed by atoms with van der Waals surface area (Å²) in [4.78, 5) is 9.96. The van der Waals surface area contributed by atoms with E-state index in [9.17, 15) is 5.26 Å². The summed E-state index contributed by atoms with van der Waals surface area (Å²) < 4.78 is 0. The lowest BCUT2D eigenvalue weighted by Crippen LogP contribution is -2.33. The van der Waals surface area contributed by atoms with Gasteiger partial charge < -0.3 is 4.98 Å². The Bertz CT molecular complexity index is 590. The lowest BCUT2D eigenvalue weighted by atomic mass is 10.1. The summed E-state index contributed by atoms with van der Waals surface area (Å²) in [6, 6.07) is 12.2. The molecule has 0 spiro atoms. The van der Waals surface area contributed by atoms with Crippen LogP contribution < -0.4 is 0 Å². The molecular weight excluding hydrogens is 248 g/mol. The zero-order chi connectivity index (χ0) is 13.8. The summed E-state index contributed by atoms with van der Waals surface area (Å²) in [5, 5.41) is 9.47. The zero-order valence-electron chi connectivity index (χ0n) is 11.4. The van der Waals surface area contributed by atoms with Gasteiger partial charge in [-0.05, 0) is 25.9 Å². The Balaban J connectivity index is 1.83. The van der Waals surface area contributed by atoms with Gasteiger partial charge in [0.25, 0.3) is 0 Å². The smallest absolute Gasteiger partial charge is 0.140 e. The van der Waals surface area contributed by atoms with Crippen LogP contribution in [0.25, 0.3) is 11.4 Å². The first-order chi connectivity index (χ1) is 9.88. The fraction of sp³-hybridized carbons (Fsp3) is 0.375. The van der Waals surface area contributed by atoms with E-state index in [0.717, 1.165) is 30.2 Å². The van der Waals surface area contributed by atoms with Crippen molar-refractivity contribution in [2.45, 2.75) is 25.3 Å². The highest BCUT2D eigenvalue weighted by Crippen LogP contribution is 2.24. The molecule has 1 aliphatic rings. The van der Waals surface area contributed by atoms with E-state index in [1.807, 2.05) is 30.3 Å². The van der Waals surface area contributed by atoms with Gasteiger partial charge in [0.2, 0.25) is 0 Å². The van der Waals surface area contributed by atoms with Crippen LogP contribution in [-0.4, -0.2) is 28.0 Å². The number of benzene rings is 1. The number of H-pyrrole nitrogens is 1. The molecule has 1 fully saturated rings. The van der Waals surface area contributed by atoms with E-state index in [0.29, 0.717) is 0 Å². The second-order valence-electron chi connectivity index (χ2n) is 5.18. The molecule has 0 amide bonds. The first-order valence-electron chi connectivity index (χ1n) is 7.12. The molecule has 1 aromatic heterocycles. The predicted molar refractivity (Wildman–Crippen MR) is 77.8 cm³/mol. The molecule has 0 radical (unpaired) electrons. The van der Waals surface area contributed by atoms with Crippen molar-refractivity contribution in [3.05, 3.63) is 42.2 Å². The predicted octanol–water partition coefficient (Wildman–Crippen LogP) is 3.13. The number of piperidine rings is 1. The van der Waals surface area contributed by atoms with Gasteiger partial charge in [0.1, 0.15) is 11.9 Å². The number of nitriles is 1. The van der Waals surface area contributed by atoms with Crippen LogP contribution in [-0.2, 0) is 0 Å². The summed E-state index contributed by atoms with van der Waals surface area (Å²) >= 11 is 0. The first kappa shape index (κ1) is 12.9. The lowest BCUT2D eigenvalue weighted by Gasteiger charge is -2.29. The van der Waals surface area contributed by atoms with E-state index in [2.05, 4.69) is 20.9 Å². The molecule has 0 aliphatic carbocycles. The topological polar surface area (TPSA) is 55.7 Å². The van der Waals surface area contributed by atoms with E-state index in [1.165, 1.54) is 19.3 Å². The standard InChI is InChI=1S/C16H18N4/c17-11-15(20-9-5-2-6-10-20)14-12-18-16(19-14)13-7-3-1-4-8-13/h1,3-4,7-8,12,15H,2,5-6,9-10H2,(H,18,19). The Morgan fingerprint density at radius 2 is 1.90 bits per heavy atom. The number of hydrogen-bond donors (Lipinski definition) is 1. The number of imidazole rings is 1. The van der Waals surface area contributed by atoms with Crippen LogP contribution in [0.5, 0.6) is 0 Å². The zero-order valence-corrected chi connectivity index (χ0v) is 11.4. The number of nitrogens with one attached hydrogen (secondary N) is 1. The van der Waals surface area contributed by atoms with Gasteiger partial charge in [-0.15, -0.1) is 0 Å². The summed E-state index contributed by atoms with van der Waals surface area (Å²) in [6.07, 6.45) is 5.42. The highest BCUT2D eigenvalue weighted by Gasteiger charge is 2.23. The molecule has 3 rings (SSSR count). The molecule has 1 atom stereocenters. The van der Waals surface area contributed by atoms with Crippen LogP contribution in [0.2, 0.25) is 0 Å². The van der Waals surface area contributed by atoms with Crippen molar-refractivity contribution in [1.29, 1.82) is 5.26 Å². The van der Waals surface area contributed by atoms with Crippen molar-refractivity contribution in [3.8, 4) is 17.5 Å². The molecule has 2 aromatic rings. The molecule has 102 valence electrons. The third kappa shape index (κ3) is 2.59. The second kappa shape index (κ2) is 5.89. The fourth-order valence-corrected chi connectivity index (χ4v) is 2.74. The second-order valence-corrected chi connectivity index (χ2v) is 5.18. The number of rotatable bonds is 3. The third-order valence-corrected chi connectivity index (χ3v) is 3.82. The molecule has 1 unspecified atom stereocenters. The molecular formula is C16H18N4. The number of hydrogen-bond acceptors (Lipinski definition) is 3. The van der Waals surface area contributed by atoms with Crippen LogP contribution in [0.3, 0.4) is 0 Å². The third-order valence-electron chi connectivity index (χ3n) is 3.82. The van der Waals surface area contributed by atoms with Crippen molar-refractivity contribution in [3.63, 3.8) is 0 Å². The molecule has 4 nitrogen and oxygen atoms in total. The van der Waals surface area contributed by atoms with E-state index in [-0.39, 0.29) is 6.04 Å². The molecule has 0 saturated carbocycles.